The van der Waals surface area contributed by atoms with Crippen LogP contribution >= 0.6 is 11.6 Å². The molecule has 9 nitrogen and oxygen atoms in total. The van der Waals surface area contributed by atoms with Crippen molar-refractivity contribution >= 4 is 44.7 Å². The summed E-state index contributed by atoms with van der Waals surface area (Å²) >= 11 is 6.46. The summed E-state index contributed by atoms with van der Waals surface area (Å²) in [6.45, 7) is 7.61. The Balaban J connectivity index is 1.29. The largest absolute Gasteiger partial charge is 0.490 e. The van der Waals surface area contributed by atoms with E-state index in [1.54, 1.807) is 11.0 Å². The topological polar surface area (TPSA) is 108 Å². The van der Waals surface area contributed by atoms with Crippen molar-refractivity contribution < 1.29 is 28.4 Å². The molecule has 2 aliphatic carbocycles. The van der Waals surface area contributed by atoms with Crippen LogP contribution in [0.3, 0.4) is 0 Å². The Labute approximate surface area is 301 Å². The van der Waals surface area contributed by atoms with E-state index in [1.807, 2.05) is 44.2 Å². The second kappa shape index (κ2) is 13.8. The number of hydrogen-bond donors (Lipinski definition) is 2. The van der Waals surface area contributed by atoms with Crippen molar-refractivity contribution in [3.63, 3.8) is 0 Å². The minimum absolute atomic E-state index is 0.00134. The number of aryl methyl sites for hydroxylation is 1. The van der Waals surface area contributed by atoms with Gasteiger partial charge in [-0.25, -0.2) is 4.21 Å². The second-order valence-electron chi connectivity index (χ2n) is 15.4. The molecule has 270 valence electrons. The molecule has 2 aromatic rings. The summed E-state index contributed by atoms with van der Waals surface area (Å²) in [7, 11) is -3.03. The van der Waals surface area contributed by atoms with Gasteiger partial charge in [-0.2, -0.15) is 0 Å². The number of benzene rings is 2. The molecule has 1 saturated heterocycles. The summed E-state index contributed by atoms with van der Waals surface area (Å²) in [5.74, 6) is 4.01. The second-order valence-corrected chi connectivity index (χ2v) is 18.2. The number of morpholine rings is 1. The number of nitrogens with zero attached hydrogens (tertiary/aromatic N) is 2. The maximum Gasteiger partial charge on any atom is 0.262 e. The van der Waals surface area contributed by atoms with Gasteiger partial charge in [0, 0.05) is 47.4 Å². The molecular weight excluding hydrogens is 674 g/mol. The van der Waals surface area contributed by atoms with Crippen molar-refractivity contribution in [3.8, 4) is 5.75 Å². The van der Waals surface area contributed by atoms with Gasteiger partial charge in [0.1, 0.15) is 5.75 Å². The minimum atomic E-state index is -3.03. The Hall–Kier alpha value is -3.05. The molecule has 11 heteroatoms. The monoisotopic (exact) mass is 723 g/mol. The van der Waals surface area contributed by atoms with E-state index in [9.17, 15) is 18.9 Å². The molecule has 1 saturated carbocycles. The zero-order chi connectivity index (χ0) is 35.3. The van der Waals surface area contributed by atoms with Gasteiger partial charge in [-0.3, -0.25) is 14.3 Å². The Morgan fingerprint density at radius 3 is 2.72 bits per heavy atom. The molecule has 50 heavy (non-hydrogen) atoms. The van der Waals surface area contributed by atoms with E-state index in [2.05, 4.69) is 27.6 Å². The quantitative estimate of drug-likeness (QED) is 0.326. The van der Waals surface area contributed by atoms with Crippen molar-refractivity contribution in [1.82, 2.24) is 9.62 Å². The SMILES string of the molecule is C=S1(=O)NC(=O)c2ccc3c(c2)N(C[C@@H]2CC[C@H]2[C@](O)(CC(=O)N2CCOCC2)/C=C/C[C@H](C)[C@H]1C)C[C@@]1(CCCc2cc(Cl)ccc21)CO3. The summed E-state index contributed by atoms with van der Waals surface area (Å²) < 4.78 is 28.8. The number of carbonyl (C=O) groups is 2. The highest BCUT2D eigenvalue weighted by molar-refractivity contribution is 7.99. The highest BCUT2D eigenvalue weighted by Crippen LogP contribution is 2.49. The van der Waals surface area contributed by atoms with Crippen LogP contribution in [0.5, 0.6) is 5.75 Å². The summed E-state index contributed by atoms with van der Waals surface area (Å²) in [5, 5.41) is 12.8. The lowest BCUT2D eigenvalue weighted by Crippen LogP contribution is -2.54. The fraction of sp³-hybridized carbons (Fsp3) is 0.564. The standard InChI is InChI=1S/C39H50ClN3O6S/c1-26-6-4-15-39(46,22-36(44)42-16-18-48-19-17-42)33-11-8-30(33)23-43-24-38(14-5-7-28-20-31(40)10-12-32(28)38)25-49-35-13-9-29(21-34(35)43)37(45)41-50(3,47)27(26)2/h4,9-10,12-13,15,20-21,26-27,30,33,46H,3,5-8,11,14,16-19,22-25H2,1-2H3,(H,41,45,47)/b15-4+/t26-,27+,30-,33+,38-,39+,50?/m0/s1. The molecule has 2 N–H and O–H groups in total. The minimum Gasteiger partial charge on any atom is -0.490 e. The van der Waals surface area contributed by atoms with E-state index in [0.29, 0.717) is 63.7 Å². The molecular formula is C39H50ClN3O6S. The Morgan fingerprint density at radius 2 is 1.96 bits per heavy atom. The summed E-state index contributed by atoms with van der Waals surface area (Å²) in [6, 6.07) is 11.6. The van der Waals surface area contributed by atoms with Crippen molar-refractivity contribution in [1.29, 1.82) is 0 Å². The maximum absolute atomic E-state index is 13.9. The number of aliphatic hydroxyl groups is 1. The predicted molar refractivity (Wildman–Crippen MR) is 199 cm³/mol. The molecule has 2 fully saturated rings. The molecule has 5 aliphatic rings. The molecule has 3 heterocycles. The van der Waals surface area contributed by atoms with Gasteiger partial charge >= 0.3 is 0 Å². The number of halogens is 1. The van der Waals surface area contributed by atoms with Crippen LogP contribution in [0.4, 0.5) is 5.69 Å². The first-order chi connectivity index (χ1) is 23.9. The van der Waals surface area contributed by atoms with E-state index in [4.69, 9.17) is 21.1 Å². The molecule has 2 aromatic carbocycles. The average Bonchev–Trinajstić information content (AvgIpc) is 3.22. The Kier molecular flexibility index (Phi) is 9.78. The van der Waals surface area contributed by atoms with Crippen LogP contribution in [-0.4, -0.2) is 88.8 Å². The van der Waals surface area contributed by atoms with Crippen LogP contribution < -0.4 is 14.4 Å². The number of carbonyl (C=O) groups excluding carboxylic acids is 2. The van der Waals surface area contributed by atoms with Gasteiger partial charge < -0.3 is 24.4 Å². The molecule has 7 atom stereocenters. The van der Waals surface area contributed by atoms with Crippen LogP contribution in [0.15, 0.2) is 48.6 Å². The van der Waals surface area contributed by atoms with Gasteiger partial charge in [0.25, 0.3) is 5.91 Å². The molecule has 2 bridgehead atoms. The van der Waals surface area contributed by atoms with Gasteiger partial charge in [-0.1, -0.05) is 36.7 Å². The number of allylic oxidation sites excluding steroid dienone is 1. The fourth-order valence-corrected chi connectivity index (χ4v) is 10.5. The summed E-state index contributed by atoms with van der Waals surface area (Å²) in [6.07, 6.45) is 8.89. The van der Waals surface area contributed by atoms with Gasteiger partial charge in [-0.15, -0.1) is 0 Å². The normalized spacial score (nSPS) is 35.1. The summed E-state index contributed by atoms with van der Waals surface area (Å²) in [5.41, 5.74) is 2.02. The molecule has 3 aliphatic heterocycles. The Bertz CT molecular complexity index is 1780. The lowest BCUT2D eigenvalue weighted by Gasteiger charge is -2.49. The third-order valence-corrected chi connectivity index (χ3v) is 14.6. The molecule has 2 amide bonds. The Morgan fingerprint density at radius 1 is 1.16 bits per heavy atom. The first kappa shape index (κ1) is 35.4. The zero-order valence-corrected chi connectivity index (χ0v) is 30.8. The predicted octanol–water partition coefficient (Wildman–Crippen LogP) is 5.17. The number of amides is 2. The lowest BCUT2D eigenvalue weighted by molar-refractivity contribution is -0.143. The van der Waals surface area contributed by atoms with E-state index in [0.717, 1.165) is 42.8 Å². The highest BCUT2D eigenvalue weighted by atomic mass is 35.5. The molecule has 7 rings (SSSR count). The first-order valence-electron chi connectivity index (χ1n) is 18.1. The number of rotatable bonds is 2. The van der Waals surface area contributed by atoms with E-state index < -0.39 is 26.5 Å². The van der Waals surface area contributed by atoms with Gasteiger partial charge in [0.2, 0.25) is 5.91 Å². The highest BCUT2D eigenvalue weighted by Gasteiger charge is 2.49. The van der Waals surface area contributed by atoms with E-state index in [-0.39, 0.29) is 35.5 Å². The van der Waals surface area contributed by atoms with Crippen LogP contribution in [0, 0.1) is 17.8 Å². The third kappa shape index (κ3) is 6.81. The van der Waals surface area contributed by atoms with Crippen LogP contribution in [0.2, 0.25) is 5.02 Å². The lowest BCUT2D eigenvalue weighted by atomic mass is 9.63. The molecule has 1 spiro atoms. The molecule has 1 unspecified atom stereocenters. The first-order valence-corrected chi connectivity index (χ1v) is 20.3. The number of hydrogen-bond acceptors (Lipinski definition) is 7. The van der Waals surface area contributed by atoms with Crippen molar-refractivity contribution in [2.75, 3.05) is 50.9 Å². The van der Waals surface area contributed by atoms with Gasteiger partial charge in [0.15, 0.2) is 0 Å². The number of ether oxygens (including phenoxy) is 2. The zero-order valence-electron chi connectivity index (χ0n) is 29.2. The smallest absolute Gasteiger partial charge is 0.262 e. The van der Waals surface area contributed by atoms with Crippen LogP contribution in [0.25, 0.3) is 0 Å². The third-order valence-electron chi connectivity index (χ3n) is 12.2. The summed E-state index contributed by atoms with van der Waals surface area (Å²) in [4.78, 5) is 31.5. The fourth-order valence-electron chi connectivity index (χ4n) is 8.83. The number of fused-ring (bicyclic) bond motifs is 4. The van der Waals surface area contributed by atoms with E-state index in [1.165, 1.54) is 11.1 Å². The van der Waals surface area contributed by atoms with Gasteiger partial charge in [-0.05, 0) is 111 Å². The van der Waals surface area contributed by atoms with Crippen molar-refractivity contribution in [3.05, 3.63) is 70.3 Å². The average molecular weight is 724 g/mol. The molecule has 0 aromatic heterocycles. The molecule has 0 radical (unpaired) electrons. The van der Waals surface area contributed by atoms with Crippen molar-refractivity contribution in [2.45, 2.75) is 75.1 Å². The van der Waals surface area contributed by atoms with Crippen LogP contribution in [0.1, 0.15) is 73.9 Å². The van der Waals surface area contributed by atoms with E-state index >= 15 is 0 Å². The maximum atomic E-state index is 13.9. The number of nitrogens with one attached hydrogen (secondary N) is 1. The van der Waals surface area contributed by atoms with Gasteiger partial charge in [0.05, 0.1) is 47.2 Å². The van der Waals surface area contributed by atoms with Crippen LogP contribution in [-0.2, 0) is 31.1 Å². The van der Waals surface area contributed by atoms with Crippen molar-refractivity contribution in [2.24, 2.45) is 17.8 Å². The number of anilines is 1.